The maximum atomic E-state index is 13.0. The van der Waals surface area contributed by atoms with Gasteiger partial charge in [0.2, 0.25) is 5.91 Å². The lowest BCUT2D eigenvalue weighted by Crippen LogP contribution is -2.22. The fourth-order valence-corrected chi connectivity index (χ4v) is 6.04. The molecule has 2 amide bonds. The molecule has 0 radical (unpaired) electrons. The Morgan fingerprint density at radius 3 is 2.74 bits per heavy atom. The van der Waals surface area contributed by atoms with Gasteiger partial charge in [-0.1, -0.05) is 6.07 Å². The number of hydrogen-bond donors (Lipinski definition) is 3. The number of hydrogen-bond acceptors (Lipinski definition) is 7. The van der Waals surface area contributed by atoms with Crippen LogP contribution in [0, 0.1) is 0 Å². The first kappa shape index (κ1) is 21.7. The highest BCUT2D eigenvalue weighted by Gasteiger charge is 2.33. The standard InChI is InChI=1S/C20H24N4O5S2/c1-28-13-3-2-11(8-14(13)29-9-15(21)25)18-17-19(22-16(26)10-31-18)24(23-20(17)27)12-4-6-30-7-5-12/h2-3,8,12,18H,4-7,9-10H2,1H3,(H2,21,25)(H,22,26)(H,23,27)/t18-/m0/s1. The predicted octanol–water partition coefficient (Wildman–Crippen LogP) is 1.89. The Morgan fingerprint density at radius 1 is 1.26 bits per heavy atom. The summed E-state index contributed by atoms with van der Waals surface area (Å²) >= 11 is 3.27. The fourth-order valence-electron chi connectivity index (χ4n) is 3.84. The van der Waals surface area contributed by atoms with Gasteiger partial charge in [-0.2, -0.15) is 11.8 Å². The SMILES string of the molecule is COc1ccc([C@@H]2SCC(=O)Nc3c2c(=O)[nH]n3C2CCSCC2)cc1OCC(N)=O. The molecule has 1 aromatic carbocycles. The van der Waals surface area contributed by atoms with Gasteiger partial charge in [-0.3, -0.25) is 24.2 Å². The lowest BCUT2D eigenvalue weighted by molar-refractivity contribution is -0.120. The van der Waals surface area contributed by atoms with Crippen molar-refractivity contribution in [2.24, 2.45) is 5.73 Å². The summed E-state index contributed by atoms with van der Waals surface area (Å²) in [6.07, 6.45) is 1.87. The number of benzene rings is 1. The van der Waals surface area contributed by atoms with Crippen LogP contribution in [0.25, 0.3) is 0 Å². The zero-order valence-electron chi connectivity index (χ0n) is 17.0. The van der Waals surface area contributed by atoms with Crippen LogP contribution in [0.2, 0.25) is 0 Å². The van der Waals surface area contributed by atoms with Crippen molar-refractivity contribution >= 4 is 41.2 Å². The Bertz CT molecular complexity index is 1040. The highest BCUT2D eigenvalue weighted by atomic mass is 32.2. The van der Waals surface area contributed by atoms with E-state index in [4.69, 9.17) is 15.2 Å². The molecule has 31 heavy (non-hydrogen) atoms. The molecule has 0 bridgehead atoms. The number of aromatic amines is 1. The van der Waals surface area contributed by atoms with E-state index in [1.165, 1.54) is 18.9 Å². The molecular formula is C20H24N4O5S2. The highest BCUT2D eigenvalue weighted by molar-refractivity contribution is 8.00. The zero-order valence-corrected chi connectivity index (χ0v) is 18.6. The van der Waals surface area contributed by atoms with Gasteiger partial charge in [0.25, 0.3) is 11.5 Å². The van der Waals surface area contributed by atoms with E-state index < -0.39 is 11.2 Å². The normalized spacial score (nSPS) is 19.3. The van der Waals surface area contributed by atoms with Crippen molar-refractivity contribution in [1.29, 1.82) is 0 Å². The van der Waals surface area contributed by atoms with Gasteiger partial charge in [-0.05, 0) is 42.0 Å². The van der Waals surface area contributed by atoms with E-state index >= 15 is 0 Å². The summed E-state index contributed by atoms with van der Waals surface area (Å²) in [6.45, 7) is -0.292. The van der Waals surface area contributed by atoms with Crippen molar-refractivity contribution in [3.8, 4) is 11.5 Å². The molecule has 3 heterocycles. The molecule has 1 atom stereocenters. The topological polar surface area (TPSA) is 128 Å². The third kappa shape index (κ3) is 4.57. The molecule has 4 N–H and O–H groups in total. The van der Waals surface area contributed by atoms with Crippen LogP contribution in [0.15, 0.2) is 23.0 Å². The second-order valence-electron chi connectivity index (χ2n) is 7.32. The number of thioether (sulfide) groups is 2. The Labute approximate surface area is 187 Å². The largest absolute Gasteiger partial charge is 0.493 e. The minimum atomic E-state index is -0.604. The maximum absolute atomic E-state index is 13.0. The Morgan fingerprint density at radius 2 is 2.03 bits per heavy atom. The van der Waals surface area contributed by atoms with Crippen LogP contribution < -0.4 is 26.1 Å². The average molecular weight is 465 g/mol. The fraction of sp³-hybridized carbons (Fsp3) is 0.450. The average Bonchev–Trinajstić information content (AvgIpc) is 2.97. The number of carbonyl (C=O) groups excluding carboxylic acids is 2. The monoisotopic (exact) mass is 464 g/mol. The number of rotatable bonds is 6. The molecule has 11 heteroatoms. The number of aromatic nitrogens is 2. The summed E-state index contributed by atoms with van der Waals surface area (Å²) in [7, 11) is 1.50. The minimum Gasteiger partial charge on any atom is -0.493 e. The van der Waals surface area contributed by atoms with Crippen molar-refractivity contribution in [1.82, 2.24) is 9.78 Å². The van der Waals surface area contributed by atoms with Crippen LogP contribution in [0.1, 0.15) is 35.3 Å². The number of ether oxygens (including phenoxy) is 2. The molecule has 1 fully saturated rings. The van der Waals surface area contributed by atoms with E-state index in [-0.39, 0.29) is 29.9 Å². The lowest BCUT2D eigenvalue weighted by Gasteiger charge is -2.24. The number of nitrogens with one attached hydrogen (secondary N) is 2. The van der Waals surface area contributed by atoms with Gasteiger partial charge < -0.3 is 20.5 Å². The summed E-state index contributed by atoms with van der Waals surface area (Å²) in [5.74, 6) is 2.84. The van der Waals surface area contributed by atoms with Crippen LogP contribution in [0.5, 0.6) is 11.5 Å². The number of carbonyl (C=O) groups is 2. The molecule has 2 aliphatic heterocycles. The Kier molecular flexibility index (Phi) is 6.51. The molecule has 166 valence electrons. The molecular weight excluding hydrogens is 440 g/mol. The van der Waals surface area contributed by atoms with Gasteiger partial charge in [0, 0.05) is 0 Å². The van der Waals surface area contributed by atoms with Crippen LogP contribution >= 0.6 is 23.5 Å². The molecule has 9 nitrogen and oxygen atoms in total. The highest BCUT2D eigenvalue weighted by Crippen LogP contribution is 2.43. The number of nitrogens with two attached hydrogens (primary N) is 1. The van der Waals surface area contributed by atoms with E-state index in [2.05, 4.69) is 10.4 Å². The van der Waals surface area contributed by atoms with Gasteiger partial charge in [-0.25, -0.2) is 0 Å². The summed E-state index contributed by atoms with van der Waals surface area (Å²) in [4.78, 5) is 36.6. The summed E-state index contributed by atoms with van der Waals surface area (Å²) in [5, 5.41) is 5.50. The van der Waals surface area contributed by atoms with Crippen LogP contribution in [0.4, 0.5) is 5.82 Å². The maximum Gasteiger partial charge on any atom is 0.270 e. The van der Waals surface area contributed by atoms with Crippen molar-refractivity contribution in [2.75, 3.05) is 36.3 Å². The zero-order chi connectivity index (χ0) is 22.0. The molecule has 2 aromatic rings. The molecule has 1 saturated heterocycles. The first-order valence-electron chi connectivity index (χ1n) is 9.90. The van der Waals surface area contributed by atoms with Crippen LogP contribution in [-0.4, -0.2) is 52.6 Å². The minimum absolute atomic E-state index is 0.145. The molecule has 0 unspecified atom stereocenters. The van der Waals surface area contributed by atoms with E-state index in [1.807, 2.05) is 22.5 Å². The van der Waals surface area contributed by atoms with E-state index in [0.717, 1.165) is 29.9 Å². The van der Waals surface area contributed by atoms with Gasteiger partial charge in [0.05, 0.1) is 29.7 Å². The Hall–Kier alpha value is -2.53. The number of nitrogens with zero attached hydrogens (tertiary/aromatic N) is 1. The van der Waals surface area contributed by atoms with Crippen molar-refractivity contribution in [3.05, 3.63) is 39.7 Å². The first-order chi connectivity index (χ1) is 15.0. The van der Waals surface area contributed by atoms with Gasteiger partial charge >= 0.3 is 0 Å². The number of H-pyrrole nitrogens is 1. The first-order valence-corrected chi connectivity index (χ1v) is 12.1. The van der Waals surface area contributed by atoms with E-state index in [9.17, 15) is 14.4 Å². The van der Waals surface area contributed by atoms with Crippen molar-refractivity contribution < 1.29 is 19.1 Å². The van der Waals surface area contributed by atoms with Gasteiger partial charge in [-0.15, -0.1) is 11.8 Å². The van der Waals surface area contributed by atoms with Gasteiger partial charge in [0.15, 0.2) is 18.1 Å². The molecule has 0 aliphatic carbocycles. The van der Waals surface area contributed by atoms with E-state index in [0.29, 0.717) is 22.9 Å². The summed E-state index contributed by atoms with van der Waals surface area (Å²) in [5.41, 5.74) is 6.26. The van der Waals surface area contributed by atoms with Crippen LogP contribution in [0.3, 0.4) is 0 Å². The van der Waals surface area contributed by atoms with Crippen LogP contribution in [-0.2, 0) is 9.59 Å². The molecule has 0 spiro atoms. The molecule has 2 aliphatic rings. The summed E-state index contributed by atoms with van der Waals surface area (Å²) < 4.78 is 12.7. The second-order valence-corrected chi connectivity index (χ2v) is 9.64. The van der Waals surface area contributed by atoms with Crippen molar-refractivity contribution in [2.45, 2.75) is 24.1 Å². The second kappa shape index (κ2) is 9.31. The molecule has 0 saturated carbocycles. The number of amides is 2. The number of methoxy groups -OCH3 is 1. The number of primary amides is 1. The Balaban J connectivity index is 1.76. The van der Waals surface area contributed by atoms with Gasteiger partial charge in [0.1, 0.15) is 5.82 Å². The third-order valence-corrected chi connectivity index (χ3v) is 7.60. The predicted molar refractivity (Wildman–Crippen MR) is 121 cm³/mol. The third-order valence-electron chi connectivity index (χ3n) is 5.28. The molecule has 1 aromatic heterocycles. The summed E-state index contributed by atoms with van der Waals surface area (Å²) in [6, 6.07) is 5.43. The smallest absolute Gasteiger partial charge is 0.270 e. The molecule has 4 rings (SSSR count). The van der Waals surface area contributed by atoms with E-state index in [1.54, 1.807) is 12.1 Å². The lowest BCUT2D eigenvalue weighted by atomic mass is 10.0. The quantitative estimate of drug-likeness (QED) is 0.595. The number of fused-ring (bicyclic) bond motifs is 1. The van der Waals surface area contributed by atoms with Crippen molar-refractivity contribution in [3.63, 3.8) is 0 Å². The number of anilines is 1.